The maximum absolute atomic E-state index is 2.57. The van der Waals surface area contributed by atoms with Gasteiger partial charge in [0.25, 0.3) is 0 Å². The Hall–Kier alpha value is -5.70. The SMILES string of the molecule is C[Si]1(C)c2ccccc2C2(c3ccccc3-n3c4ccccc4c4cccc2c43)c2cc(-c3ccc4ccc5ccccc5c4c3)ccc21. The fourth-order valence-electron chi connectivity index (χ4n) is 9.69. The monoisotopic (exact) mass is 639 g/mol. The standard InChI is InChI=1S/C47H33NSi/c1-49(2)44-21-10-7-17-39(44)47(38-16-6-9-20-43(38)48-42-19-8-5-14-35(42)36-15-11-18-40(47)46(36)48)41-29-33(26-27-45(41)49)32-25-24-31-23-22-30-12-3-4-13-34(30)37(31)28-32/h3-29H,1-2H3. The Labute approximate surface area is 286 Å². The van der Waals surface area contributed by atoms with Crippen molar-refractivity contribution in [3.8, 4) is 16.8 Å². The average Bonchev–Trinajstić information content (AvgIpc) is 3.50. The molecule has 1 aromatic heterocycles. The van der Waals surface area contributed by atoms with Gasteiger partial charge in [-0.3, -0.25) is 0 Å². The van der Waals surface area contributed by atoms with Crippen LogP contribution in [0, 0.1) is 0 Å². The summed E-state index contributed by atoms with van der Waals surface area (Å²) in [6.07, 6.45) is 0. The second kappa shape index (κ2) is 9.47. The predicted octanol–water partition coefficient (Wildman–Crippen LogP) is 10.6. The van der Waals surface area contributed by atoms with Gasteiger partial charge < -0.3 is 4.57 Å². The van der Waals surface area contributed by atoms with Gasteiger partial charge in [0.2, 0.25) is 0 Å². The Morgan fingerprint density at radius 1 is 0.429 bits per heavy atom. The van der Waals surface area contributed by atoms with Gasteiger partial charge in [-0.1, -0.05) is 153 Å². The van der Waals surface area contributed by atoms with E-state index in [0.29, 0.717) is 0 Å². The van der Waals surface area contributed by atoms with Crippen LogP contribution in [-0.4, -0.2) is 12.6 Å². The molecule has 1 nitrogen and oxygen atoms in total. The smallest absolute Gasteiger partial charge is 0.113 e. The molecule has 0 aliphatic carbocycles. The van der Waals surface area contributed by atoms with Crippen molar-refractivity contribution in [2.75, 3.05) is 0 Å². The zero-order chi connectivity index (χ0) is 32.5. The van der Waals surface area contributed by atoms with E-state index in [9.17, 15) is 0 Å². The van der Waals surface area contributed by atoms with Crippen molar-refractivity contribution in [2.24, 2.45) is 0 Å². The third kappa shape index (κ3) is 3.34. The summed E-state index contributed by atoms with van der Waals surface area (Å²) in [5.74, 6) is 0. The molecule has 0 saturated carbocycles. The first-order valence-corrected chi connectivity index (χ1v) is 20.4. The van der Waals surface area contributed by atoms with E-state index in [2.05, 4.69) is 181 Å². The van der Waals surface area contributed by atoms with Gasteiger partial charge in [-0.05, 0) is 89.6 Å². The molecule has 230 valence electrons. The van der Waals surface area contributed by atoms with Gasteiger partial charge in [0.15, 0.2) is 0 Å². The fraction of sp³-hybridized carbons (Fsp3) is 0.0638. The third-order valence-electron chi connectivity index (χ3n) is 11.8. The minimum Gasteiger partial charge on any atom is -0.309 e. The summed E-state index contributed by atoms with van der Waals surface area (Å²) in [6, 6.07) is 62.3. The molecule has 3 heterocycles. The number of fused-ring (bicyclic) bond motifs is 14. The molecule has 9 aromatic rings. The van der Waals surface area contributed by atoms with E-state index in [4.69, 9.17) is 0 Å². The highest BCUT2D eigenvalue weighted by Crippen LogP contribution is 2.55. The number of para-hydroxylation sites is 3. The summed E-state index contributed by atoms with van der Waals surface area (Å²) in [7, 11) is -2.08. The topological polar surface area (TPSA) is 4.93 Å². The number of rotatable bonds is 1. The Bertz CT molecular complexity index is 2870. The van der Waals surface area contributed by atoms with Gasteiger partial charge >= 0.3 is 0 Å². The van der Waals surface area contributed by atoms with Crippen molar-refractivity contribution < 1.29 is 0 Å². The van der Waals surface area contributed by atoms with Gasteiger partial charge in [-0.25, -0.2) is 0 Å². The largest absolute Gasteiger partial charge is 0.309 e. The van der Waals surface area contributed by atoms with Gasteiger partial charge in [0.05, 0.1) is 22.1 Å². The van der Waals surface area contributed by atoms with E-state index in [0.717, 1.165) is 0 Å². The molecule has 0 N–H and O–H groups in total. The van der Waals surface area contributed by atoms with E-state index in [1.165, 1.54) is 92.8 Å². The summed E-state index contributed by atoms with van der Waals surface area (Å²) >= 11 is 0. The van der Waals surface area contributed by atoms with Gasteiger partial charge in [0.1, 0.15) is 8.07 Å². The van der Waals surface area contributed by atoms with Crippen LogP contribution < -0.4 is 10.4 Å². The molecule has 1 atom stereocenters. The average molecular weight is 640 g/mol. The minimum atomic E-state index is -2.08. The highest BCUT2D eigenvalue weighted by Gasteiger charge is 2.53. The molecular formula is C47H33NSi. The normalized spacial score (nSPS) is 17.0. The van der Waals surface area contributed by atoms with Crippen LogP contribution in [0.2, 0.25) is 13.1 Å². The number of benzene rings is 8. The second-order valence-electron chi connectivity index (χ2n) is 14.5. The molecule has 11 rings (SSSR count). The first kappa shape index (κ1) is 27.3. The van der Waals surface area contributed by atoms with Crippen molar-refractivity contribution >= 4 is 61.8 Å². The lowest BCUT2D eigenvalue weighted by molar-refractivity contribution is 0.732. The zero-order valence-electron chi connectivity index (χ0n) is 27.5. The molecule has 1 unspecified atom stereocenters. The van der Waals surface area contributed by atoms with Crippen LogP contribution in [0.1, 0.15) is 22.3 Å². The predicted molar refractivity (Wildman–Crippen MR) is 210 cm³/mol. The number of hydrogen-bond acceptors (Lipinski definition) is 0. The molecule has 8 aromatic carbocycles. The van der Waals surface area contributed by atoms with Gasteiger partial charge in [0, 0.05) is 10.8 Å². The third-order valence-corrected chi connectivity index (χ3v) is 15.4. The van der Waals surface area contributed by atoms with Crippen LogP contribution in [0.25, 0.3) is 60.2 Å². The molecule has 1 spiro atoms. The van der Waals surface area contributed by atoms with Gasteiger partial charge in [-0.15, -0.1) is 0 Å². The molecule has 49 heavy (non-hydrogen) atoms. The summed E-state index contributed by atoms with van der Waals surface area (Å²) in [4.78, 5) is 0. The number of aromatic nitrogens is 1. The van der Waals surface area contributed by atoms with Crippen molar-refractivity contribution in [3.63, 3.8) is 0 Å². The summed E-state index contributed by atoms with van der Waals surface area (Å²) < 4.78 is 2.54. The van der Waals surface area contributed by atoms with Crippen LogP contribution in [0.5, 0.6) is 0 Å². The van der Waals surface area contributed by atoms with Crippen molar-refractivity contribution in [1.29, 1.82) is 0 Å². The first-order chi connectivity index (χ1) is 24.1. The van der Waals surface area contributed by atoms with Crippen LogP contribution in [-0.2, 0) is 5.41 Å². The van der Waals surface area contributed by atoms with Gasteiger partial charge in [-0.2, -0.15) is 0 Å². The minimum absolute atomic E-state index is 0.464. The van der Waals surface area contributed by atoms with Crippen molar-refractivity contribution in [2.45, 2.75) is 18.5 Å². The van der Waals surface area contributed by atoms with Crippen LogP contribution in [0.4, 0.5) is 0 Å². The summed E-state index contributed by atoms with van der Waals surface area (Å²) in [5, 5.41) is 10.9. The molecule has 2 aliphatic heterocycles. The Kier molecular flexibility index (Phi) is 5.27. The Morgan fingerprint density at radius 3 is 1.94 bits per heavy atom. The van der Waals surface area contributed by atoms with Crippen LogP contribution in [0.3, 0.4) is 0 Å². The zero-order valence-corrected chi connectivity index (χ0v) is 28.5. The first-order valence-electron chi connectivity index (χ1n) is 17.4. The lowest BCUT2D eigenvalue weighted by atomic mass is 9.62. The second-order valence-corrected chi connectivity index (χ2v) is 18.8. The molecule has 0 amide bonds. The lowest BCUT2D eigenvalue weighted by Crippen LogP contribution is -2.63. The van der Waals surface area contributed by atoms with E-state index in [1.54, 1.807) is 0 Å². The Morgan fingerprint density at radius 2 is 1.04 bits per heavy atom. The molecular weight excluding hydrogens is 607 g/mol. The van der Waals surface area contributed by atoms with Crippen molar-refractivity contribution in [1.82, 2.24) is 4.57 Å². The maximum atomic E-state index is 2.57. The number of hydrogen-bond donors (Lipinski definition) is 0. The molecule has 2 heteroatoms. The molecule has 0 radical (unpaired) electrons. The molecule has 2 aliphatic rings. The quantitative estimate of drug-likeness (QED) is 0.124. The fourth-order valence-corrected chi connectivity index (χ4v) is 12.9. The lowest BCUT2D eigenvalue weighted by Gasteiger charge is -2.49. The van der Waals surface area contributed by atoms with E-state index < -0.39 is 13.5 Å². The molecule has 0 bridgehead atoms. The Balaban J connectivity index is 1.30. The maximum Gasteiger partial charge on any atom is 0.113 e. The van der Waals surface area contributed by atoms with E-state index >= 15 is 0 Å². The van der Waals surface area contributed by atoms with Crippen LogP contribution in [0.15, 0.2) is 164 Å². The van der Waals surface area contributed by atoms with Crippen molar-refractivity contribution in [3.05, 3.63) is 186 Å². The van der Waals surface area contributed by atoms with Crippen LogP contribution >= 0.6 is 0 Å². The molecule has 0 fully saturated rings. The summed E-state index contributed by atoms with van der Waals surface area (Å²) in [5.41, 5.74) is 11.6. The molecule has 0 saturated heterocycles. The summed E-state index contributed by atoms with van der Waals surface area (Å²) in [6.45, 7) is 5.09. The number of nitrogens with zero attached hydrogens (tertiary/aromatic N) is 1. The van der Waals surface area contributed by atoms with E-state index in [1.807, 2.05) is 0 Å². The highest BCUT2D eigenvalue weighted by atomic mass is 28.3. The highest BCUT2D eigenvalue weighted by molar-refractivity contribution is 7.01. The van der Waals surface area contributed by atoms with E-state index in [-0.39, 0.29) is 0 Å².